The Bertz CT molecular complexity index is 713. The van der Waals surface area contributed by atoms with E-state index in [4.69, 9.17) is 11.6 Å². The van der Waals surface area contributed by atoms with Gasteiger partial charge in [-0.1, -0.05) is 11.6 Å². The molecule has 25 heavy (non-hydrogen) atoms. The standard InChI is InChI=1S/C18H24ClN5O/c1-14(2)24-13-20-11-16(24)12-22-6-3-7-23(9-8-22)18(25)17-5-4-15(19)10-21-17/h4-5,10-11,13-14H,3,6-9,12H2,1-2H3. The smallest absolute Gasteiger partial charge is 0.272 e. The molecule has 7 heteroatoms. The second-order valence-electron chi connectivity index (χ2n) is 6.67. The zero-order chi connectivity index (χ0) is 17.8. The number of amides is 1. The fourth-order valence-electron chi connectivity index (χ4n) is 3.15. The molecule has 1 aliphatic rings. The Morgan fingerprint density at radius 2 is 2.04 bits per heavy atom. The van der Waals surface area contributed by atoms with Crippen LogP contribution in [0, 0.1) is 0 Å². The van der Waals surface area contributed by atoms with Gasteiger partial charge in [-0.05, 0) is 32.4 Å². The van der Waals surface area contributed by atoms with Crippen molar-refractivity contribution < 1.29 is 4.79 Å². The van der Waals surface area contributed by atoms with Gasteiger partial charge in [0.25, 0.3) is 5.91 Å². The monoisotopic (exact) mass is 361 g/mol. The summed E-state index contributed by atoms with van der Waals surface area (Å²) < 4.78 is 2.20. The van der Waals surface area contributed by atoms with Crippen LogP contribution in [0.5, 0.6) is 0 Å². The Kier molecular flexibility index (Phi) is 5.71. The third kappa shape index (κ3) is 4.38. The van der Waals surface area contributed by atoms with E-state index in [1.807, 2.05) is 17.4 Å². The van der Waals surface area contributed by atoms with Gasteiger partial charge in [-0.25, -0.2) is 9.97 Å². The number of aromatic nitrogens is 3. The molecule has 0 aliphatic carbocycles. The lowest BCUT2D eigenvalue weighted by atomic mass is 10.3. The van der Waals surface area contributed by atoms with Crippen LogP contribution in [0.1, 0.15) is 42.5 Å². The van der Waals surface area contributed by atoms with E-state index in [0.29, 0.717) is 23.3 Å². The van der Waals surface area contributed by atoms with Gasteiger partial charge in [0.05, 0.1) is 17.0 Å². The van der Waals surface area contributed by atoms with Crippen LogP contribution in [-0.4, -0.2) is 56.4 Å². The second-order valence-corrected chi connectivity index (χ2v) is 7.11. The Morgan fingerprint density at radius 3 is 2.76 bits per heavy atom. The maximum absolute atomic E-state index is 12.6. The SMILES string of the molecule is CC(C)n1cncc1CN1CCCN(C(=O)c2ccc(Cl)cn2)CC1. The number of halogens is 1. The van der Waals surface area contributed by atoms with Crippen molar-refractivity contribution in [3.05, 3.63) is 47.3 Å². The molecule has 1 amide bonds. The lowest BCUT2D eigenvalue weighted by Crippen LogP contribution is -2.35. The van der Waals surface area contributed by atoms with Crippen LogP contribution >= 0.6 is 11.6 Å². The molecule has 134 valence electrons. The first-order chi connectivity index (χ1) is 12.0. The summed E-state index contributed by atoms with van der Waals surface area (Å²) in [6.07, 6.45) is 6.30. The third-order valence-corrected chi connectivity index (χ3v) is 4.73. The van der Waals surface area contributed by atoms with Gasteiger partial charge < -0.3 is 9.47 Å². The molecular formula is C18H24ClN5O. The topological polar surface area (TPSA) is 54.3 Å². The summed E-state index contributed by atoms with van der Waals surface area (Å²) in [4.78, 5) is 25.3. The number of carbonyl (C=O) groups excluding carboxylic acids is 1. The van der Waals surface area contributed by atoms with Gasteiger partial charge in [-0.15, -0.1) is 0 Å². The van der Waals surface area contributed by atoms with Gasteiger partial charge >= 0.3 is 0 Å². The van der Waals surface area contributed by atoms with Crippen LogP contribution in [0.4, 0.5) is 0 Å². The van der Waals surface area contributed by atoms with Crippen LogP contribution in [0.2, 0.25) is 5.02 Å². The van der Waals surface area contributed by atoms with Crippen molar-refractivity contribution in [2.75, 3.05) is 26.2 Å². The van der Waals surface area contributed by atoms with E-state index in [1.165, 1.54) is 11.9 Å². The van der Waals surface area contributed by atoms with E-state index in [1.54, 1.807) is 12.1 Å². The average molecular weight is 362 g/mol. The zero-order valence-corrected chi connectivity index (χ0v) is 15.5. The predicted molar refractivity (Wildman–Crippen MR) is 97.7 cm³/mol. The first-order valence-electron chi connectivity index (χ1n) is 8.68. The van der Waals surface area contributed by atoms with Gasteiger partial charge in [0, 0.05) is 51.2 Å². The maximum Gasteiger partial charge on any atom is 0.272 e. The molecule has 0 aromatic carbocycles. The minimum Gasteiger partial charge on any atom is -0.336 e. The van der Waals surface area contributed by atoms with Crippen LogP contribution in [0.15, 0.2) is 30.9 Å². The highest BCUT2D eigenvalue weighted by atomic mass is 35.5. The maximum atomic E-state index is 12.6. The van der Waals surface area contributed by atoms with E-state index in [0.717, 1.165) is 32.6 Å². The fourth-order valence-corrected chi connectivity index (χ4v) is 3.26. The van der Waals surface area contributed by atoms with E-state index in [9.17, 15) is 4.79 Å². The minimum atomic E-state index is -0.0225. The van der Waals surface area contributed by atoms with Gasteiger partial charge in [0.2, 0.25) is 0 Å². The van der Waals surface area contributed by atoms with Crippen molar-refractivity contribution in [3.63, 3.8) is 0 Å². The van der Waals surface area contributed by atoms with E-state index in [2.05, 4.69) is 33.3 Å². The molecule has 1 saturated heterocycles. The highest BCUT2D eigenvalue weighted by Crippen LogP contribution is 2.14. The van der Waals surface area contributed by atoms with Gasteiger partial charge in [-0.2, -0.15) is 0 Å². The molecule has 2 aromatic heterocycles. The molecule has 1 aliphatic heterocycles. The molecule has 0 spiro atoms. The molecule has 0 saturated carbocycles. The lowest BCUT2D eigenvalue weighted by molar-refractivity contribution is 0.0755. The normalized spacial score (nSPS) is 16.2. The molecular weight excluding hydrogens is 338 g/mol. The molecule has 3 rings (SSSR count). The molecule has 3 heterocycles. The zero-order valence-electron chi connectivity index (χ0n) is 14.7. The van der Waals surface area contributed by atoms with Crippen molar-refractivity contribution in [1.29, 1.82) is 0 Å². The molecule has 0 radical (unpaired) electrons. The summed E-state index contributed by atoms with van der Waals surface area (Å²) in [7, 11) is 0. The van der Waals surface area contributed by atoms with Crippen LogP contribution in [0.3, 0.4) is 0 Å². The average Bonchev–Trinajstić information content (AvgIpc) is 2.93. The van der Waals surface area contributed by atoms with Crippen molar-refractivity contribution in [3.8, 4) is 0 Å². The molecule has 0 N–H and O–H groups in total. The Labute approximate surface area is 153 Å². The fraction of sp³-hybridized carbons (Fsp3) is 0.500. The number of carbonyl (C=O) groups is 1. The summed E-state index contributed by atoms with van der Waals surface area (Å²) in [5, 5.41) is 0.542. The molecule has 0 unspecified atom stereocenters. The van der Waals surface area contributed by atoms with Crippen LogP contribution < -0.4 is 0 Å². The summed E-state index contributed by atoms with van der Waals surface area (Å²) in [5.41, 5.74) is 1.67. The van der Waals surface area contributed by atoms with Crippen LogP contribution in [0.25, 0.3) is 0 Å². The molecule has 2 aromatic rings. The highest BCUT2D eigenvalue weighted by Gasteiger charge is 2.22. The predicted octanol–water partition coefficient (Wildman–Crippen LogP) is 2.86. The lowest BCUT2D eigenvalue weighted by Gasteiger charge is -2.22. The Hall–Kier alpha value is -1.92. The van der Waals surface area contributed by atoms with Crippen molar-refractivity contribution in [1.82, 2.24) is 24.3 Å². The van der Waals surface area contributed by atoms with Gasteiger partial charge in [0.15, 0.2) is 0 Å². The quantitative estimate of drug-likeness (QED) is 0.840. The number of nitrogens with zero attached hydrogens (tertiary/aromatic N) is 5. The summed E-state index contributed by atoms with van der Waals surface area (Å²) in [6.45, 7) is 8.46. The van der Waals surface area contributed by atoms with Crippen molar-refractivity contribution in [2.45, 2.75) is 32.9 Å². The highest BCUT2D eigenvalue weighted by molar-refractivity contribution is 6.30. The van der Waals surface area contributed by atoms with Gasteiger partial charge in [0.1, 0.15) is 5.69 Å². The number of rotatable bonds is 4. The molecule has 1 fully saturated rings. The number of pyridine rings is 1. The summed E-state index contributed by atoms with van der Waals surface area (Å²) in [6, 6.07) is 3.80. The molecule has 0 atom stereocenters. The molecule has 6 nitrogen and oxygen atoms in total. The second kappa shape index (κ2) is 7.97. The Balaban J connectivity index is 1.61. The first kappa shape index (κ1) is 17.9. The minimum absolute atomic E-state index is 0.0225. The summed E-state index contributed by atoms with van der Waals surface area (Å²) in [5.74, 6) is -0.0225. The van der Waals surface area contributed by atoms with E-state index >= 15 is 0 Å². The summed E-state index contributed by atoms with van der Waals surface area (Å²) >= 11 is 5.85. The Morgan fingerprint density at radius 1 is 1.20 bits per heavy atom. The van der Waals surface area contributed by atoms with Gasteiger partial charge in [-0.3, -0.25) is 9.69 Å². The number of hydrogen-bond acceptors (Lipinski definition) is 4. The molecule has 0 bridgehead atoms. The van der Waals surface area contributed by atoms with Crippen LogP contribution in [-0.2, 0) is 6.54 Å². The van der Waals surface area contributed by atoms with Crippen molar-refractivity contribution >= 4 is 17.5 Å². The largest absolute Gasteiger partial charge is 0.336 e. The van der Waals surface area contributed by atoms with E-state index < -0.39 is 0 Å². The first-order valence-corrected chi connectivity index (χ1v) is 9.06. The number of imidazole rings is 1. The third-order valence-electron chi connectivity index (χ3n) is 4.51. The van der Waals surface area contributed by atoms with E-state index in [-0.39, 0.29) is 5.91 Å². The number of hydrogen-bond donors (Lipinski definition) is 0. The van der Waals surface area contributed by atoms with Crippen molar-refractivity contribution in [2.24, 2.45) is 0 Å².